The zero-order valence-electron chi connectivity index (χ0n) is 14.7. The van der Waals surface area contributed by atoms with Crippen LogP contribution in [0.25, 0.3) is 0 Å². The third kappa shape index (κ3) is 2.49. The number of benzene rings is 1. The summed E-state index contributed by atoms with van der Waals surface area (Å²) < 4.78 is 0. The van der Waals surface area contributed by atoms with Crippen molar-refractivity contribution < 1.29 is 15.0 Å². The lowest BCUT2D eigenvalue weighted by Gasteiger charge is -2.34. The number of phenolic OH excluding ortho intramolecular Hbond substituents is 2. The molecule has 1 aliphatic carbocycles. The predicted molar refractivity (Wildman–Crippen MR) is 105 cm³/mol. The number of ketones is 1. The summed E-state index contributed by atoms with van der Waals surface area (Å²) in [5.41, 5.74) is 2.01. The van der Waals surface area contributed by atoms with Crippen LogP contribution in [0.15, 0.2) is 51.8 Å². The van der Waals surface area contributed by atoms with E-state index in [4.69, 9.17) is 0 Å². The molecule has 2 aliphatic rings. The first-order valence-corrected chi connectivity index (χ1v) is 9.80. The van der Waals surface area contributed by atoms with E-state index in [1.165, 1.54) is 12.1 Å². The molecule has 28 heavy (non-hydrogen) atoms. The van der Waals surface area contributed by atoms with Crippen molar-refractivity contribution in [2.75, 3.05) is 5.32 Å². The number of carbonyl (C=O) groups is 1. The van der Waals surface area contributed by atoms with Gasteiger partial charge in [0.2, 0.25) is 0 Å². The molecule has 1 aromatic carbocycles. The van der Waals surface area contributed by atoms with Crippen LogP contribution in [0.1, 0.15) is 40.7 Å². The fraction of sp³-hybridized carbons (Fsp3) is 0.200. The molecule has 0 amide bonds. The maximum atomic E-state index is 13.2. The number of carbonyl (C=O) groups excluding carboxylic acids is 1. The van der Waals surface area contributed by atoms with Gasteiger partial charge in [0.05, 0.1) is 5.56 Å². The molecule has 5 rings (SSSR count). The van der Waals surface area contributed by atoms with Crippen LogP contribution in [0.2, 0.25) is 0 Å². The normalized spacial score (nSPS) is 21.2. The van der Waals surface area contributed by atoms with Gasteiger partial charge in [-0.25, -0.2) is 0 Å². The number of anilines is 1. The first kappa shape index (κ1) is 16.9. The molecule has 2 aromatic heterocycles. The average Bonchev–Trinajstić information content (AvgIpc) is 3.33. The summed E-state index contributed by atoms with van der Waals surface area (Å²) in [6, 6.07) is 8.42. The van der Waals surface area contributed by atoms with E-state index in [-0.39, 0.29) is 28.8 Å². The van der Waals surface area contributed by atoms with E-state index in [0.29, 0.717) is 35.4 Å². The highest BCUT2D eigenvalue weighted by Gasteiger charge is 2.40. The number of rotatable bonds is 2. The lowest BCUT2D eigenvalue weighted by atomic mass is 9.74. The molecule has 0 bridgehead atoms. The molecule has 3 heterocycles. The molecule has 0 saturated carbocycles. The largest absolute Gasteiger partial charge is 0.504 e. The molecule has 142 valence electrons. The minimum atomic E-state index is -0.607. The Morgan fingerprint density at radius 2 is 1.89 bits per heavy atom. The highest BCUT2D eigenvalue weighted by atomic mass is 32.1. The second kappa shape index (κ2) is 6.13. The zero-order valence-corrected chi connectivity index (χ0v) is 15.5. The molecule has 0 fully saturated rings. The van der Waals surface area contributed by atoms with Crippen LogP contribution in [0, 0.1) is 0 Å². The number of H-pyrrole nitrogens is 2. The number of thiophene rings is 1. The van der Waals surface area contributed by atoms with Crippen molar-refractivity contribution in [3.05, 3.63) is 73.3 Å². The Bertz CT molecular complexity index is 1170. The summed E-state index contributed by atoms with van der Waals surface area (Å²) in [5.74, 6) is -0.532. The summed E-state index contributed by atoms with van der Waals surface area (Å²) in [6.07, 6.45) is 1.04. The first-order valence-electron chi connectivity index (χ1n) is 8.92. The Morgan fingerprint density at radius 1 is 1.04 bits per heavy atom. The van der Waals surface area contributed by atoms with Gasteiger partial charge in [-0.15, -0.1) is 11.3 Å². The van der Waals surface area contributed by atoms with Gasteiger partial charge in [-0.3, -0.25) is 19.8 Å². The monoisotopic (exact) mass is 395 g/mol. The van der Waals surface area contributed by atoms with Crippen molar-refractivity contribution in [3.63, 3.8) is 0 Å². The molecule has 8 heteroatoms. The Labute approximate surface area is 163 Å². The molecule has 0 spiro atoms. The fourth-order valence-electron chi connectivity index (χ4n) is 4.20. The number of aromatic hydroxyl groups is 2. The van der Waals surface area contributed by atoms with E-state index in [0.717, 1.165) is 10.6 Å². The first-order chi connectivity index (χ1) is 13.5. The van der Waals surface area contributed by atoms with E-state index in [1.54, 1.807) is 17.4 Å². The molecule has 7 nitrogen and oxygen atoms in total. The van der Waals surface area contributed by atoms with Crippen LogP contribution in [-0.2, 0) is 4.79 Å². The summed E-state index contributed by atoms with van der Waals surface area (Å²) in [6.45, 7) is 0. The van der Waals surface area contributed by atoms with E-state index in [9.17, 15) is 19.8 Å². The lowest BCUT2D eigenvalue weighted by molar-refractivity contribution is -0.116. The van der Waals surface area contributed by atoms with Crippen molar-refractivity contribution in [3.8, 4) is 11.5 Å². The summed E-state index contributed by atoms with van der Waals surface area (Å²) in [5, 5.41) is 30.3. The molecule has 2 atom stereocenters. The van der Waals surface area contributed by atoms with Crippen LogP contribution < -0.4 is 10.9 Å². The number of hydrogen-bond donors (Lipinski definition) is 5. The lowest BCUT2D eigenvalue weighted by Crippen LogP contribution is -2.31. The van der Waals surface area contributed by atoms with Crippen LogP contribution in [0.5, 0.6) is 11.5 Å². The smallest absolute Gasteiger partial charge is 0.270 e. The number of aromatic nitrogens is 2. The SMILES string of the molecule is O=C1C[C@@H](c2cccs2)CC2=C1[C@H](c1ccc(O)c(O)c1)c1c([nH][nH]c1=O)N2. The number of allylic oxidation sites excluding steroid dienone is 2. The molecule has 3 aromatic rings. The standard InChI is InChI=1S/C20H17N3O4S/c24-12-4-3-9(7-13(12)25)16-17-11(21-19-18(16)20(27)23-22-19)6-10(8-14(17)26)15-2-1-5-28-15/h1-5,7,10,16,24-25H,6,8H2,(H3,21,22,23,27)/t10-,16-/m0/s1. The number of aromatic amines is 2. The Hall–Kier alpha value is -3.26. The highest BCUT2D eigenvalue weighted by molar-refractivity contribution is 7.10. The molecule has 0 saturated heterocycles. The Balaban J connectivity index is 1.67. The number of Topliss-reactive ketones (excluding diaryl/α,β-unsaturated/α-hetero) is 1. The minimum Gasteiger partial charge on any atom is -0.504 e. The summed E-state index contributed by atoms with van der Waals surface area (Å²) in [7, 11) is 0. The van der Waals surface area contributed by atoms with E-state index >= 15 is 0 Å². The van der Waals surface area contributed by atoms with E-state index in [1.807, 2.05) is 17.5 Å². The fourth-order valence-corrected chi connectivity index (χ4v) is 5.03. The number of fused-ring (bicyclic) bond motifs is 1. The molecular formula is C20H17N3O4S. The van der Waals surface area contributed by atoms with E-state index < -0.39 is 5.92 Å². The van der Waals surface area contributed by atoms with Gasteiger partial charge in [-0.2, -0.15) is 0 Å². The van der Waals surface area contributed by atoms with Crippen LogP contribution in [0.4, 0.5) is 5.82 Å². The zero-order chi connectivity index (χ0) is 19.4. The van der Waals surface area contributed by atoms with E-state index in [2.05, 4.69) is 15.5 Å². The highest BCUT2D eigenvalue weighted by Crippen LogP contribution is 2.47. The molecule has 5 N–H and O–H groups in total. The third-order valence-electron chi connectivity index (χ3n) is 5.45. The minimum absolute atomic E-state index is 0.0176. The van der Waals surface area contributed by atoms with Crippen LogP contribution >= 0.6 is 11.3 Å². The molecule has 0 unspecified atom stereocenters. The van der Waals surface area contributed by atoms with Crippen molar-refractivity contribution in [1.82, 2.24) is 10.2 Å². The van der Waals surface area contributed by atoms with Gasteiger partial charge in [0.15, 0.2) is 17.3 Å². The molecule has 0 radical (unpaired) electrons. The molecule has 1 aliphatic heterocycles. The van der Waals surface area contributed by atoms with Crippen LogP contribution in [0.3, 0.4) is 0 Å². The van der Waals surface area contributed by atoms with Crippen molar-refractivity contribution >= 4 is 22.9 Å². The number of phenols is 2. The van der Waals surface area contributed by atoms with Crippen molar-refractivity contribution in [1.29, 1.82) is 0 Å². The van der Waals surface area contributed by atoms with Gasteiger partial charge in [0, 0.05) is 34.4 Å². The van der Waals surface area contributed by atoms with Crippen molar-refractivity contribution in [2.24, 2.45) is 0 Å². The summed E-state index contributed by atoms with van der Waals surface area (Å²) in [4.78, 5) is 26.8. The maximum Gasteiger partial charge on any atom is 0.270 e. The second-order valence-corrected chi connectivity index (χ2v) is 8.09. The topological polar surface area (TPSA) is 118 Å². The quantitative estimate of drug-likeness (QED) is 0.427. The van der Waals surface area contributed by atoms with Gasteiger partial charge >= 0.3 is 0 Å². The van der Waals surface area contributed by atoms with Gasteiger partial charge in [-0.05, 0) is 35.6 Å². The van der Waals surface area contributed by atoms with Gasteiger partial charge in [-0.1, -0.05) is 12.1 Å². The number of hydrogen-bond acceptors (Lipinski definition) is 6. The average molecular weight is 395 g/mol. The van der Waals surface area contributed by atoms with Gasteiger partial charge < -0.3 is 15.5 Å². The Morgan fingerprint density at radius 3 is 2.64 bits per heavy atom. The van der Waals surface area contributed by atoms with Crippen molar-refractivity contribution in [2.45, 2.75) is 24.7 Å². The van der Waals surface area contributed by atoms with Gasteiger partial charge in [0.1, 0.15) is 5.82 Å². The van der Waals surface area contributed by atoms with Gasteiger partial charge in [0.25, 0.3) is 5.56 Å². The number of nitrogens with one attached hydrogen (secondary N) is 3. The second-order valence-electron chi connectivity index (χ2n) is 7.11. The molecular weight excluding hydrogens is 378 g/mol. The van der Waals surface area contributed by atoms with Crippen LogP contribution in [-0.4, -0.2) is 26.2 Å². The third-order valence-corrected chi connectivity index (χ3v) is 6.49. The Kier molecular flexibility index (Phi) is 3.70. The predicted octanol–water partition coefficient (Wildman–Crippen LogP) is 3.13. The maximum absolute atomic E-state index is 13.2. The summed E-state index contributed by atoms with van der Waals surface area (Å²) >= 11 is 1.63.